The monoisotopic (exact) mass is 222 g/mol. The first-order valence-corrected chi connectivity index (χ1v) is 6.36. The Balaban J connectivity index is 1.99. The van der Waals surface area contributed by atoms with Crippen molar-refractivity contribution in [2.24, 2.45) is 5.73 Å². The predicted molar refractivity (Wildman–Crippen MR) is 66.7 cm³/mol. The smallest absolute Gasteiger partial charge is 0.195 e. The number of hydrogen-bond donors (Lipinski definition) is 1. The highest BCUT2D eigenvalue weighted by Crippen LogP contribution is 2.26. The first kappa shape index (κ1) is 11.5. The molecule has 0 amide bonds. The second-order valence-electron chi connectivity index (χ2n) is 4.67. The number of hydrogen-bond acceptors (Lipinski definition) is 3. The zero-order valence-electron chi connectivity index (χ0n) is 10.1. The summed E-state index contributed by atoms with van der Waals surface area (Å²) in [5.41, 5.74) is 5.50. The summed E-state index contributed by atoms with van der Waals surface area (Å²) in [6.07, 6.45) is 5.86. The Morgan fingerprint density at radius 2 is 2.31 bits per heavy atom. The molecule has 1 atom stereocenters. The van der Waals surface area contributed by atoms with Gasteiger partial charge in [-0.2, -0.15) is 0 Å². The molecule has 90 valence electrons. The Morgan fingerprint density at radius 1 is 1.44 bits per heavy atom. The number of piperidine rings is 1. The number of nitrogens with two attached hydrogens (primary N) is 1. The van der Waals surface area contributed by atoms with Crippen molar-refractivity contribution in [1.29, 1.82) is 0 Å². The lowest BCUT2D eigenvalue weighted by atomic mass is 10.0. The second kappa shape index (κ2) is 5.39. The van der Waals surface area contributed by atoms with Crippen LogP contribution >= 0.6 is 0 Å². The third kappa shape index (κ3) is 2.59. The summed E-state index contributed by atoms with van der Waals surface area (Å²) in [7, 11) is 0. The number of aryl methyl sites for hydroxylation is 1. The number of nitrogens with zero attached hydrogens (tertiary/aromatic N) is 1. The topological polar surface area (TPSA) is 42.4 Å². The summed E-state index contributed by atoms with van der Waals surface area (Å²) >= 11 is 0. The Kier molecular flexibility index (Phi) is 3.88. The Morgan fingerprint density at radius 3 is 3.06 bits per heavy atom. The molecule has 0 saturated carbocycles. The standard InChI is InChI=1S/C13H22N2O/c1-11-5-2-3-10-15(11)13-8-7-12(16-13)6-4-9-14/h7-8,11H,2-6,9-10,14H2,1H3. The Hall–Kier alpha value is -0.960. The van der Waals surface area contributed by atoms with E-state index in [1.165, 1.54) is 19.3 Å². The summed E-state index contributed by atoms with van der Waals surface area (Å²) < 4.78 is 5.87. The highest BCUT2D eigenvalue weighted by atomic mass is 16.4. The molecule has 0 bridgehead atoms. The maximum atomic E-state index is 5.87. The molecule has 2 N–H and O–H groups in total. The fraction of sp³-hybridized carbons (Fsp3) is 0.692. The van der Waals surface area contributed by atoms with E-state index in [9.17, 15) is 0 Å². The van der Waals surface area contributed by atoms with Crippen molar-refractivity contribution in [3.05, 3.63) is 17.9 Å². The molecule has 1 aliphatic rings. The van der Waals surface area contributed by atoms with Crippen LogP contribution in [0.5, 0.6) is 0 Å². The van der Waals surface area contributed by atoms with Crippen LogP contribution in [0.4, 0.5) is 5.88 Å². The van der Waals surface area contributed by atoms with E-state index in [0.717, 1.165) is 37.6 Å². The van der Waals surface area contributed by atoms with Gasteiger partial charge in [-0.3, -0.25) is 0 Å². The lowest BCUT2D eigenvalue weighted by molar-refractivity contribution is 0.426. The van der Waals surface area contributed by atoms with Crippen molar-refractivity contribution >= 4 is 5.88 Å². The molecule has 1 fully saturated rings. The van der Waals surface area contributed by atoms with E-state index < -0.39 is 0 Å². The number of anilines is 1. The summed E-state index contributed by atoms with van der Waals surface area (Å²) in [5, 5.41) is 0. The lowest BCUT2D eigenvalue weighted by Crippen LogP contribution is -2.37. The first-order chi connectivity index (χ1) is 7.81. The molecule has 1 unspecified atom stereocenters. The van der Waals surface area contributed by atoms with Crippen LogP contribution in [0.1, 0.15) is 38.4 Å². The summed E-state index contributed by atoms with van der Waals surface area (Å²) in [6.45, 7) is 4.14. The van der Waals surface area contributed by atoms with Gasteiger partial charge in [0, 0.05) is 25.1 Å². The second-order valence-corrected chi connectivity index (χ2v) is 4.67. The summed E-state index contributed by atoms with van der Waals surface area (Å²) in [5.74, 6) is 2.11. The van der Waals surface area contributed by atoms with E-state index in [0.29, 0.717) is 6.04 Å². The van der Waals surface area contributed by atoms with Gasteiger partial charge in [0.1, 0.15) is 5.76 Å². The van der Waals surface area contributed by atoms with Gasteiger partial charge in [-0.15, -0.1) is 0 Å². The highest BCUT2D eigenvalue weighted by molar-refractivity contribution is 5.38. The molecule has 0 aromatic carbocycles. The third-order valence-corrected chi connectivity index (χ3v) is 3.36. The molecule has 2 heterocycles. The van der Waals surface area contributed by atoms with E-state index in [1.807, 2.05) is 0 Å². The molecule has 1 aromatic rings. The van der Waals surface area contributed by atoms with Crippen molar-refractivity contribution < 1.29 is 4.42 Å². The van der Waals surface area contributed by atoms with Crippen LogP contribution in [-0.2, 0) is 6.42 Å². The average molecular weight is 222 g/mol. The van der Waals surface area contributed by atoms with Gasteiger partial charge in [0.2, 0.25) is 0 Å². The SMILES string of the molecule is CC1CCCCN1c1ccc(CCCN)o1. The van der Waals surface area contributed by atoms with Crippen molar-refractivity contribution in [1.82, 2.24) is 0 Å². The van der Waals surface area contributed by atoms with E-state index in [4.69, 9.17) is 10.2 Å². The minimum absolute atomic E-state index is 0.613. The minimum Gasteiger partial charge on any atom is -0.446 e. The normalized spacial score (nSPS) is 21.4. The van der Waals surface area contributed by atoms with Gasteiger partial charge in [0.15, 0.2) is 5.88 Å². The molecule has 0 radical (unpaired) electrons. The van der Waals surface area contributed by atoms with Crippen molar-refractivity contribution in [2.75, 3.05) is 18.0 Å². The first-order valence-electron chi connectivity index (χ1n) is 6.36. The maximum absolute atomic E-state index is 5.87. The Labute approximate surface area is 97.6 Å². The van der Waals surface area contributed by atoms with Gasteiger partial charge in [0.25, 0.3) is 0 Å². The average Bonchev–Trinajstić information content (AvgIpc) is 2.75. The van der Waals surface area contributed by atoms with Gasteiger partial charge in [-0.1, -0.05) is 0 Å². The Bertz CT molecular complexity index is 321. The lowest BCUT2D eigenvalue weighted by Gasteiger charge is -2.33. The fourth-order valence-corrected chi connectivity index (χ4v) is 2.36. The molecule has 1 aromatic heterocycles. The van der Waals surface area contributed by atoms with Crippen molar-refractivity contribution in [3.8, 4) is 0 Å². The molecule has 0 spiro atoms. The molecule has 2 rings (SSSR count). The van der Waals surface area contributed by atoms with Gasteiger partial charge < -0.3 is 15.1 Å². The molecular weight excluding hydrogens is 200 g/mol. The highest BCUT2D eigenvalue weighted by Gasteiger charge is 2.20. The van der Waals surface area contributed by atoms with Gasteiger partial charge in [0.05, 0.1) is 0 Å². The molecule has 1 saturated heterocycles. The van der Waals surface area contributed by atoms with Gasteiger partial charge in [-0.25, -0.2) is 0 Å². The molecule has 16 heavy (non-hydrogen) atoms. The van der Waals surface area contributed by atoms with Crippen LogP contribution in [0.2, 0.25) is 0 Å². The van der Waals surface area contributed by atoms with Crippen LogP contribution in [0.25, 0.3) is 0 Å². The predicted octanol–water partition coefficient (Wildman–Crippen LogP) is 2.55. The largest absolute Gasteiger partial charge is 0.446 e. The van der Waals surface area contributed by atoms with E-state index in [1.54, 1.807) is 0 Å². The van der Waals surface area contributed by atoms with Crippen molar-refractivity contribution in [2.45, 2.75) is 45.1 Å². The van der Waals surface area contributed by atoms with E-state index in [2.05, 4.69) is 24.0 Å². The molecule has 3 nitrogen and oxygen atoms in total. The van der Waals surface area contributed by atoms with Crippen LogP contribution in [-0.4, -0.2) is 19.1 Å². The van der Waals surface area contributed by atoms with Crippen LogP contribution in [0, 0.1) is 0 Å². The molecule has 1 aliphatic heterocycles. The van der Waals surface area contributed by atoms with Gasteiger partial charge >= 0.3 is 0 Å². The number of furan rings is 1. The van der Waals surface area contributed by atoms with E-state index in [-0.39, 0.29) is 0 Å². The zero-order valence-corrected chi connectivity index (χ0v) is 10.1. The zero-order chi connectivity index (χ0) is 11.4. The summed E-state index contributed by atoms with van der Waals surface area (Å²) in [6, 6.07) is 4.81. The quantitative estimate of drug-likeness (QED) is 0.851. The van der Waals surface area contributed by atoms with Crippen LogP contribution in [0.15, 0.2) is 16.5 Å². The number of rotatable bonds is 4. The van der Waals surface area contributed by atoms with E-state index >= 15 is 0 Å². The van der Waals surface area contributed by atoms with Crippen molar-refractivity contribution in [3.63, 3.8) is 0 Å². The molecule has 0 aliphatic carbocycles. The maximum Gasteiger partial charge on any atom is 0.195 e. The summed E-state index contributed by atoms with van der Waals surface area (Å²) in [4.78, 5) is 2.38. The third-order valence-electron chi connectivity index (χ3n) is 3.36. The molecule has 3 heteroatoms. The van der Waals surface area contributed by atoms with Crippen LogP contribution in [0.3, 0.4) is 0 Å². The fourth-order valence-electron chi connectivity index (χ4n) is 2.36. The molecular formula is C13H22N2O. The minimum atomic E-state index is 0.613. The van der Waals surface area contributed by atoms with Crippen LogP contribution < -0.4 is 10.6 Å². The van der Waals surface area contributed by atoms with Gasteiger partial charge in [-0.05, 0) is 45.2 Å².